The van der Waals surface area contributed by atoms with Crippen molar-refractivity contribution in [3.8, 4) is 0 Å². The summed E-state index contributed by atoms with van der Waals surface area (Å²) >= 11 is 0. The van der Waals surface area contributed by atoms with E-state index in [0.717, 1.165) is 26.1 Å². The molecule has 3 nitrogen and oxygen atoms in total. The number of piperidine rings is 1. The van der Waals surface area contributed by atoms with Crippen LogP contribution in [0.4, 0.5) is 0 Å². The number of nitrogens with zero attached hydrogens (tertiary/aromatic N) is 1. The lowest BCUT2D eigenvalue weighted by atomic mass is 9.92. The van der Waals surface area contributed by atoms with Crippen LogP contribution in [0.1, 0.15) is 33.1 Å². The fourth-order valence-electron chi connectivity index (χ4n) is 2.11. The summed E-state index contributed by atoms with van der Waals surface area (Å²) in [6.45, 7) is 7.12. The first-order valence-electron chi connectivity index (χ1n) is 5.79. The summed E-state index contributed by atoms with van der Waals surface area (Å²) in [7, 11) is 0. The van der Waals surface area contributed by atoms with Crippen LogP contribution < -0.4 is 5.73 Å². The highest BCUT2D eigenvalue weighted by Gasteiger charge is 2.23. The molecule has 3 unspecified atom stereocenters. The molecule has 84 valence electrons. The molecule has 0 aromatic rings. The van der Waals surface area contributed by atoms with Gasteiger partial charge in [0.1, 0.15) is 0 Å². The van der Waals surface area contributed by atoms with Gasteiger partial charge in [-0.2, -0.15) is 0 Å². The van der Waals surface area contributed by atoms with Gasteiger partial charge >= 0.3 is 0 Å². The van der Waals surface area contributed by atoms with Crippen molar-refractivity contribution in [2.75, 3.05) is 19.6 Å². The van der Waals surface area contributed by atoms with Gasteiger partial charge in [-0.05, 0) is 38.6 Å². The third-order valence-corrected chi connectivity index (χ3v) is 3.23. The molecule has 0 aromatic carbocycles. The van der Waals surface area contributed by atoms with Crippen molar-refractivity contribution in [3.63, 3.8) is 0 Å². The Morgan fingerprint density at radius 1 is 1.57 bits per heavy atom. The lowest BCUT2D eigenvalue weighted by molar-refractivity contribution is 0.0782. The average Bonchev–Trinajstić information content (AvgIpc) is 2.18. The molecule has 3 heteroatoms. The predicted molar refractivity (Wildman–Crippen MR) is 59.1 cm³/mol. The van der Waals surface area contributed by atoms with Crippen LogP contribution >= 0.6 is 0 Å². The highest BCUT2D eigenvalue weighted by Crippen LogP contribution is 2.18. The van der Waals surface area contributed by atoms with Crippen molar-refractivity contribution in [1.82, 2.24) is 4.90 Å². The Labute approximate surface area is 87.3 Å². The van der Waals surface area contributed by atoms with E-state index >= 15 is 0 Å². The average molecular weight is 200 g/mol. The number of aliphatic hydroxyl groups excluding tert-OH is 1. The Balaban J connectivity index is 2.32. The van der Waals surface area contributed by atoms with E-state index < -0.39 is 0 Å². The van der Waals surface area contributed by atoms with Crippen LogP contribution in [-0.4, -0.2) is 41.8 Å². The molecule has 0 saturated carbocycles. The Morgan fingerprint density at radius 2 is 2.29 bits per heavy atom. The molecule has 0 radical (unpaired) electrons. The van der Waals surface area contributed by atoms with Gasteiger partial charge in [-0.3, -0.25) is 0 Å². The normalized spacial score (nSPS) is 28.7. The van der Waals surface area contributed by atoms with Gasteiger partial charge in [0, 0.05) is 19.1 Å². The van der Waals surface area contributed by atoms with E-state index in [1.807, 2.05) is 6.92 Å². The number of β-amino-alcohol motifs (C(OH)–C–C–N with tert-alkyl or cyclic N) is 1. The van der Waals surface area contributed by atoms with Crippen molar-refractivity contribution >= 4 is 0 Å². The van der Waals surface area contributed by atoms with Crippen LogP contribution in [0.2, 0.25) is 0 Å². The van der Waals surface area contributed by atoms with Crippen molar-refractivity contribution in [2.45, 2.75) is 45.3 Å². The molecule has 1 rings (SSSR count). The van der Waals surface area contributed by atoms with Gasteiger partial charge in [0.15, 0.2) is 0 Å². The van der Waals surface area contributed by atoms with Gasteiger partial charge in [0.05, 0.1) is 6.10 Å². The van der Waals surface area contributed by atoms with E-state index in [2.05, 4.69) is 11.8 Å². The van der Waals surface area contributed by atoms with Crippen LogP contribution in [0.5, 0.6) is 0 Å². The van der Waals surface area contributed by atoms with E-state index in [9.17, 15) is 5.11 Å². The second-order valence-electron chi connectivity index (χ2n) is 4.58. The maximum Gasteiger partial charge on any atom is 0.0664 e. The Hall–Kier alpha value is -0.120. The number of hydrogen-bond donors (Lipinski definition) is 2. The summed E-state index contributed by atoms with van der Waals surface area (Å²) in [5.41, 5.74) is 5.90. The lowest BCUT2D eigenvalue weighted by Gasteiger charge is -2.35. The van der Waals surface area contributed by atoms with Crippen LogP contribution in [-0.2, 0) is 0 Å². The maximum absolute atomic E-state index is 9.56. The number of aliphatic hydroxyl groups is 1. The molecule has 1 fully saturated rings. The summed E-state index contributed by atoms with van der Waals surface area (Å²) in [4.78, 5) is 2.35. The molecule has 1 heterocycles. The number of rotatable bonds is 4. The first-order valence-corrected chi connectivity index (χ1v) is 5.79. The lowest BCUT2D eigenvalue weighted by Crippen LogP contribution is -2.44. The smallest absolute Gasteiger partial charge is 0.0664 e. The van der Waals surface area contributed by atoms with Crippen LogP contribution in [0.15, 0.2) is 0 Å². The second-order valence-corrected chi connectivity index (χ2v) is 4.58. The minimum atomic E-state index is -0.165. The standard InChI is InChI=1S/C11H24N2O/c1-3-11(14)8-13-6-4-5-10(7-13)9(2)12/h9-11,14H,3-8,12H2,1-2H3. The Kier molecular flexibility index (Phi) is 4.85. The van der Waals surface area contributed by atoms with E-state index in [-0.39, 0.29) is 12.1 Å². The van der Waals surface area contributed by atoms with E-state index in [1.54, 1.807) is 0 Å². The maximum atomic E-state index is 9.56. The molecular formula is C11H24N2O. The second kappa shape index (κ2) is 5.69. The third kappa shape index (κ3) is 3.56. The molecule has 1 saturated heterocycles. The van der Waals surface area contributed by atoms with Gasteiger partial charge in [-0.15, -0.1) is 0 Å². The molecule has 3 atom stereocenters. The SMILES string of the molecule is CCC(O)CN1CCCC(C(C)N)C1. The molecule has 0 bridgehead atoms. The molecule has 0 aliphatic carbocycles. The van der Waals surface area contributed by atoms with E-state index in [0.29, 0.717) is 5.92 Å². The topological polar surface area (TPSA) is 49.5 Å². The van der Waals surface area contributed by atoms with E-state index in [4.69, 9.17) is 5.73 Å². The van der Waals surface area contributed by atoms with Crippen molar-refractivity contribution in [1.29, 1.82) is 0 Å². The van der Waals surface area contributed by atoms with Crippen molar-refractivity contribution < 1.29 is 5.11 Å². The molecule has 0 spiro atoms. The van der Waals surface area contributed by atoms with Crippen molar-refractivity contribution in [2.24, 2.45) is 11.7 Å². The first kappa shape index (κ1) is 12.0. The van der Waals surface area contributed by atoms with Crippen LogP contribution in [0.3, 0.4) is 0 Å². The predicted octanol–water partition coefficient (Wildman–Crippen LogP) is 0.816. The minimum absolute atomic E-state index is 0.165. The molecule has 1 aliphatic heterocycles. The third-order valence-electron chi connectivity index (χ3n) is 3.23. The van der Waals surface area contributed by atoms with Gasteiger partial charge < -0.3 is 15.7 Å². The summed E-state index contributed by atoms with van der Waals surface area (Å²) in [6.07, 6.45) is 3.15. The number of likely N-dealkylation sites (tertiary alicyclic amines) is 1. The largest absolute Gasteiger partial charge is 0.392 e. The molecular weight excluding hydrogens is 176 g/mol. The van der Waals surface area contributed by atoms with Crippen LogP contribution in [0.25, 0.3) is 0 Å². The van der Waals surface area contributed by atoms with Crippen molar-refractivity contribution in [3.05, 3.63) is 0 Å². The summed E-state index contributed by atoms with van der Waals surface area (Å²) < 4.78 is 0. The Morgan fingerprint density at radius 3 is 2.86 bits per heavy atom. The molecule has 3 N–H and O–H groups in total. The number of nitrogens with two attached hydrogens (primary N) is 1. The van der Waals surface area contributed by atoms with E-state index in [1.165, 1.54) is 12.8 Å². The number of hydrogen-bond acceptors (Lipinski definition) is 3. The zero-order chi connectivity index (χ0) is 10.6. The summed E-state index contributed by atoms with van der Waals surface area (Å²) in [6, 6.07) is 0.288. The fraction of sp³-hybridized carbons (Fsp3) is 1.00. The first-order chi connectivity index (χ1) is 6.63. The minimum Gasteiger partial charge on any atom is -0.392 e. The zero-order valence-corrected chi connectivity index (χ0v) is 9.45. The van der Waals surface area contributed by atoms with Gasteiger partial charge in [-0.1, -0.05) is 6.92 Å². The van der Waals surface area contributed by atoms with Gasteiger partial charge in [0.25, 0.3) is 0 Å². The molecule has 14 heavy (non-hydrogen) atoms. The van der Waals surface area contributed by atoms with Gasteiger partial charge in [0.2, 0.25) is 0 Å². The highest BCUT2D eigenvalue weighted by molar-refractivity contribution is 4.79. The zero-order valence-electron chi connectivity index (χ0n) is 9.45. The molecule has 1 aliphatic rings. The quantitative estimate of drug-likeness (QED) is 0.706. The molecule has 0 aromatic heterocycles. The fourth-order valence-corrected chi connectivity index (χ4v) is 2.11. The monoisotopic (exact) mass is 200 g/mol. The molecule has 0 amide bonds. The summed E-state index contributed by atoms with van der Waals surface area (Å²) in [5.74, 6) is 0.618. The highest BCUT2D eigenvalue weighted by atomic mass is 16.3. The van der Waals surface area contributed by atoms with Crippen LogP contribution in [0, 0.1) is 5.92 Å². The van der Waals surface area contributed by atoms with Gasteiger partial charge in [-0.25, -0.2) is 0 Å². The summed E-state index contributed by atoms with van der Waals surface area (Å²) in [5, 5.41) is 9.56. The Bertz CT molecular complexity index is 161.